The summed E-state index contributed by atoms with van der Waals surface area (Å²) in [6.45, 7) is 5.12. The second-order valence-corrected chi connectivity index (χ2v) is 5.71. The molecular formula is C18H32N4O2. The van der Waals surface area contributed by atoms with Crippen LogP contribution in [-0.4, -0.2) is 65.4 Å². The number of likely N-dealkylation sites (N-methyl/N-ethyl adjacent to an activating group) is 1. The first kappa shape index (κ1) is 20.3. The molecule has 0 radical (unpaired) electrons. The molecule has 1 aromatic rings. The van der Waals surface area contributed by atoms with Crippen molar-refractivity contribution in [2.45, 2.75) is 19.4 Å². The SMILES string of the molecule is CCNC(=NCC(c1ccccc1OC)N(C)C)NCCCOC. The number of para-hydroxylation sites is 1. The van der Waals surface area contributed by atoms with E-state index in [9.17, 15) is 0 Å². The van der Waals surface area contributed by atoms with E-state index in [2.05, 4.69) is 42.6 Å². The Balaban J connectivity index is 2.81. The average Bonchev–Trinajstić information content (AvgIpc) is 2.58. The summed E-state index contributed by atoms with van der Waals surface area (Å²) in [7, 11) is 7.54. The lowest BCUT2D eigenvalue weighted by atomic mass is 10.0. The summed E-state index contributed by atoms with van der Waals surface area (Å²) in [5, 5.41) is 6.62. The minimum atomic E-state index is 0.149. The molecule has 1 unspecified atom stereocenters. The molecule has 0 spiro atoms. The van der Waals surface area contributed by atoms with Crippen LogP contribution in [0.3, 0.4) is 0 Å². The van der Waals surface area contributed by atoms with Crippen molar-refractivity contribution in [3.05, 3.63) is 29.8 Å². The molecule has 6 heteroatoms. The molecule has 24 heavy (non-hydrogen) atoms. The smallest absolute Gasteiger partial charge is 0.191 e. The third-order valence-corrected chi connectivity index (χ3v) is 3.71. The van der Waals surface area contributed by atoms with Crippen molar-refractivity contribution in [1.29, 1.82) is 0 Å². The first-order valence-corrected chi connectivity index (χ1v) is 8.44. The fraction of sp³-hybridized carbons (Fsp3) is 0.611. The van der Waals surface area contributed by atoms with Gasteiger partial charge in [0.25, 0.3) is 0 Å². The van der Waals surface area contributed by atoms with Crippen molar-refractivity contribution in [2.24, 2.45) is 4.99 Å². The van der Waals surface area contributed by atoms with E-state index in [1.807, 2.05) is 18.2 Å². The van der Waals surface area contributed by atoms with E-state index in [1.54, 1.807) is 14.2 Å². The van der Waals surface area contributed by atoms with E-state index in [0.717, 1.165) is 43.4 Å². The molecule has 6 nitrogen and oxygen atoms in total. The van der Waals surface area contributed by atoms with Crippen LogP contribution < -0.4 is 15.4 Å². The van der Waals surface area contributed by atoms with E-state index in [4.69, 9.17) is 14.5 Å². The lowest BCUT2D eigenvalue weighted by Crippen LogP contribution is -2.38. The number of nitrogens with one attached hydrogen (secondary N) is 2. The molecule has 2 N–H and O–H groups in total. The predicted molar refractivity (Wildman–Crippen MR) is 99.9 cm³/mol. The van der Waals surface area contributed by atoms with E-state index in [1.165, 1.54) is 0 Å². The van der Waals surface area contributed by atoms with E-state index in [0.29, 0.717) is 6.54 Å². The molecule has 0 heterocycles. The van der Waals surface area contributed by atoms with Crippen LogP contribution in [0.15, 0.2) is 29.3 Å². The largest absolute Gasteiger partial charge is 0.496 e. The molecule has 1 aromatic carbocycles. The molecular weight excluding hydrogens is 304 g/mol. The molecule has 0 aromatic heterocycles. The van der Waals surface area contributed by atoms with Gasteiger partial charge in [-0.05, 0) is 33.5 Å². The van der Waals surface area contributed by atoms with Crippen LogP contribution in [0.25, 0.3) is 0 Å². The highest BCUT2D eigenvalue weighted by molar-refractivity contribution is 5.79. The number of nitrogens with zero attached hydrogens (tertiary/aromatic N) is 2. The maximum Gasteiger partial charge on any atom is 0.191 e. The minimum absolute atomic E-state index is 0.149. The van der Waals surface area contributed by atoms with Crippen LogP contribution in [0.2, 0.25) is 0 Å². The van der Waals surface area contributed by atoms with Gasteiger partial charge in [-0.15, -0.1) is 0 Å². The van der Waals surface area contributed by atoms with E-state index in [-0.39, 0.29) is 6.04 Å². The molecule has 0 amide bonds. The molecule has 1 atom stereocenters. The first-order valence-electron chi connectivity index (χ1n) is 8.44. The van der Waals surface area contributed by atoms with Gasteiger partial charge in [0.05, 0.1) is 19.7 Å². The lowest BCUT2D eigenvalue weighted by Gasteiger charge is -2.25. The average molecular weight is 336 g/mol. The van der Waals surface area contributed by atoms with Gasteiger partial charge in [0.2, 0.25) is 0 Å². The number of rotatable bonds is 10. The van der Waals surface area contributed by atoms with Crippen LogP contribution in [0.1, 0.15) is 24.9 Å². The van der Waals surface area contributed by atoms with Gasteiger partial charge in [0.1, 0.15) is 5.75 Å². The number of methoxy groups -OCH3 is 2. The van der Waals surface area contributed by atoms with Crippen molar-refractivity contribution in [3.63, 3.8) is 0 Å². The van der Waals surface area contributed by atoms with Crippen molar-refractivity contribution in [3.8, 4) is 5.75 Å². The molecule has 0 bridgehead atoms. The zero-order chi connectivity index (χ0) is 17.8. The van der Waals surface area contributed by atoms with Gasteiger partial charge < -0.3 is 25.0 Å². The Bertz CT molecular complexity index is 492. The highest BCUT2D eigenvalue weighted by Gasteiger charge is 2.18. The van der Waals surface area contributed by atoms with Crippen LogP contribution in [0, 0.1) is 0 Å². The van der Waals surface area contributed by atoms with E-state index < -0.39 is 0 Å². The number of guanidine groups is 1. The Labute approximate surface area is 146 Å². The first-order chi connectivity index (χ1) is 11.6. The number of benzene rings is 1. The zero-order valence-corrected chi connectivity index (χ0v) is 15.6. The molecule has 136 valence electrons. The number of hydrogen-bond donors (Lipinski definition) is 2. The molecule has 0 saturated carbocycles. The summed E-state index contributed by atoms with van der Waals surface area (Å²) in [6.07, 6.45) is 0.949. The fourth-order valence-corrected chi connectivity index (χ4v) is 2.42. The molecule has 0 aliphatic heterocycles. The molecule has 0 aliphatic carbocycles. The maximum absolute atomic E-state index is 5.50. The normalized spacial score (nSPS) is 13.0. The van der Waals surface area contributed by atoms with Gasteiger partial charge in [0.15, 0.2) is 5.96 Å². The van der Waals surface area contributed by atoms with Crippen molar-refractivity contribution >= 4 is 5.96 Å². The predicted octanol–water partition coefficient (Wildman–Crippen LogP) is 1.89. The molecule has 1 rings (SSSR count). The summed E-state index contributed by atoms with van der Waals surface area (Å²) in [4.78, 5) is 6.90. The van der Waals surface area contributed by atoms with Crippen LogP contribution >= 0.6 is 0 Å². The Morgan fingerprint density at radius 3 is 2.58 bits per heavy atom. The number of hydrogen-bond acceptors (Lipinski definition) is 4. The summed E-state index contributed by atoms with van der Waals surface area (Å²) in [5.74, 6) is 1.72. The summed E-state index contributed by atoms with van der Waals surface area (Å²) < 4.78 is 10.6. The second kappa shape index (κ2) is 11.7. The third-order valence-electron chi connectivity index (χ3n) is 3.71. The van der Waals surface area contributed by atoms with Crippen LogP contribution in [-0.2, 0) is 4.74 Å². The molecule has 0 fully saturated rings. The van der Waals surface area contributed by atoms with Gasteiger partial charge in [-0.3, -0.25) is 4.99 Å². The number of ether oxygens (including phenoxy) is 2. The van der Waals surface area contributed by atoms with Crippen molar-refractivity contribution in [1.82, 2.24) is 15.5 Å². The fourth-order valence-electron chi connectivity index (χ4n) is 2.42. The Morgan fingerprint density at radius 2 is 1.96 bits per heavy atom. The van der Waals surface area contributed by atoms with Crippen molar-refractivity contribution < 1.29 is 9.47 Å². The van der Waals surface area contributed by atoms with Gasteiger partial charge in [0, 0.05) is 32.4 Å². The zero-order valence-electron chi connectivity index (χ0n) is 15.6. The third kappa shape index (κ3) is 6.76. The second-order valence-electron chi connectivity index (χ2n) is 5.71. The lowest BCUT2D eigenvalue weighted by molar-refractivity contribution is 0.195. The summed E-state index contributed by atoms with van der Waals surface area (Å²) >= 11 is 0. The highest BCUT2D eigenvalue weighted by atomic mass is 16.5. The highest BCUT2D eigenvalue weighted by Crippen LogP contribution is 2.28. The topological polar surface area (TPSA) is 58.1 Å². The number of aliphatic imine (C=N–C) groups is 1. The van der Waals surface area contributed by atoms with Gasteiger partial charge in [-0.25, -0.2) is 0 Å². The summed E-state index contributed by atoms with van der Waals surface area (Å²) in [6, 6.07) is 8.25. The van der Waals surface area contributed by atoms with Crippen molar-refractivity contribution in [2.75, 3.05) is 54.6 Å². The Hall–Kier alpha value is -1.79. The minimum Gasteiger partial charge on any atom is -0.496 e. The van der Waals surface area contributed by atoms with Crippen LogP contribution in [0.5, 0.6) is 5.75 Å². The maximum atomic E-state index is 5.50. The van der Waals surface area contributed by atoms with Crippen LogP contribution in [0.4, 0.5) is 0 Å². The summed E-state index contributed by atoms with van der Waals surface area (Å²) in [5.41, 5.74) is 1.14. The Kier molecular flexibility index (Phi) is 9.88. The monoisotopic (exact) mass is 336 g/mol. The van der Waals surface area contributed by atoms with Gasteiger partial charge >= 0.3 is 0 Å². The van der Waals surface area contributed by atoms with Gasteiger partial charge in [-0.2, -0.15) is 0 Å². The van der Waals surface area contributed by atoms with E-state index >= 15 is 0 Å². The molecule has 0 saturated heterocycles. The Morgan fingerprint density at radius 1 is 1.21 bits per heavy atom. The standard InChI is InChI=1S/C18H32N4O2/c1-6-19-18(20-12-9-13-23-4)21-14-16(22(2)3)15-10-7-8-11-17(15)24-5/h7-8,10-11,16H,6,9,12-14H2,1-5H3,(H2,19,20,21). The quantitative estimate of drug-likeness (QED) is 0.388. The van der Waals surface area contributed by atoms with Gasteiger partial charge in [-0.1, -0.05) is 18.2 Å². The molecule has 0 aliphatic rings.